The molecule has 5 nitrogen and oxygen atoms in total. The molecule has 0 atom stereocenters. The van der Waals surface area contributed by atoms with E-state index < -0.39 is 11.6 Å². The van der Waals surface area contributed by atoms with Gasteiger partial charge in [-0.25, -0.2) is 13.8 Å². The molecule has 0 aliphatic heterocycles. The summed E-state index contributed by atoms with van der Waals surface area (Å²) in [5, 5.41) is 0. The van der Waals surface area contributed by atoms with Crippen molar-refractivity contribution in [2.24, 2.45) is 27.2 Å². The maximum absolute atomic E-state index is 13.3. The van der Waals surface area contributed by atoms with Gasteiger partial charge in [0.15, 0.2) is 5.96 Å². The Morgan fingerprint density at radius 1 is 1.12 bits per heavy atom. The summed E-state index contributed by atoms with van der Waals surface area (Å²) >= 11 is 1.61. The second-order valence-electron chi connectivity index (χ2n) is 2.70. The molecule has 0 saturated carbocycles. The molecule has 0 saturated heterocycles. The summed E-state index contributed by atoms with van der Waals surface area (Å²) in [6, 6.07) is 1.94. The molecule has 8 heteroatoms. The summed E-state index contributed by atoms with van der Waals surface area (Å²) in [5.74, 6) is -1.96. The van der Waals surface area contributed by atoms with Crippen molar-refractivity contribution < 1.29 is 8.78 Å². The first-order chi connectivity index (χ1) is 7.41. The van der Waals surface area contributed by atoms with E-state index in [2.05, 4.69) is 9.98 Å². The van der Waals surface area contributed by atoms with Gasteiger partial charge in [-0.1, -0.05) is 0 Å². The largest absolute Gasteiger partial charge is 0.370 e. The fourth-order valence-corrected chi connectivity index (χ4v) is 1.45. The molecule has 0 radical (unpaired) electrons. The van der Waals surface area contributed by atoms with Gasteiger partial charge in [0, 0.05) is 0 Å². The minimum absolute atomic E-state index is 0.00587. The minimum Gasteiger partial charge on any atom is -0.370 e. The number of nitrogens with two attached hydrogens (primary N) is 3. The average molecular weight is 339 g/mol. The molecule has 1 aromatic carbocycles. The van der Waals surface area contributed by atoms with Crippen LogP contribution in [0.25, 0.3) is 0 Å². The third kappa shape index (κ3) is 3.02. The highest BCUT2D eigenvalue weighted by Gasteiger charge is 2.11. The molecule has 0 amide bonds. The second kappa shape index (κ2) is 5.05. The Hall–Kier alpha value is -1.45. The van der Waals surface area contributed by atoms with E-state index in [-0.39, 0.29) is 21.2 Å². The van der Waals surface area contributed by atoms with Crippen LogP contribution in [0, 0.1) is 15.2 Å². The molecular formula is C8H8F2IN5. The van der Waals surface area contributed by atoms with Crippen LogP contribution in [0.15, 0.2) is 22.1 Å². The molecule has 6 N–H and O–H groups in total. The van der Waals surface area contributed by atoms with Crippen molar-refractivity contribution in [2.75, 3.05) is 0 Å². The lowest BCUT2D eigenvalue weighted by molar-refractivity contribution is 0.596. The van der Waals surface area contributed by atoms with Crippen molar-refractivity contribution in [1.29, 1.82) is 0 Å². The van der Waals surface area contributed by atoms with Gasteiger partial charge in [-0.05, 0) is 34.7 Å². The Morgan fingerprint density at radius 2 is 1.69 bits per heavy atom. The van der Waals surface area contributed by atoms with E-state index in [4.69, 9.17) is 17.2 Å². The lowest BCUT2D eigenvalue weighted by Gasteiger charge is -2.02. The summed E-state index contributed by atoms with van der Waals surface area (Å²) in [5.41, 5.74) is 15.2. The first-order valence-electron chi connectivity index (χ1n) is 3.99. The van der Waals surface area contributed by atoms with Crippen LogP contribution in [-0.2, 0) is 0 Å². The van der Waals surface area contributed by atoms with Gasteiger partial charge >= 0.3 is 0 Å². The van der Waals surface area contributed by atoms with Gasteiger partial charge in [0.05, 0.1) is 3.57 Å². The molecule has 16 heavy (non-hydrogen) atoms. The highest BCUT2D eigenvalue weighted by Crippen LogP contribution is 2.27. The number of hydrogen-bond acceptors (Lipinski definition) is 1. The highest BCUT2D eigenvalue weighted by molar-refractivity contribution is 14.1. The number of halogens is 3. The number of rotatable bonds is 1. The van der Waals surface area contributed by atoms with Crippen LogP contribution in [0.4, 0.5) is 14.5 Å². The average Bonchev–Trinajstić information content (AvgIpc) is 2.17. The smallest absolute Gasteiger partial charge is 0.223 e. The van der Waals surface area contributed by atoms with Crippen molar-refractivity contribution in [2.45, 2.75) is 0 Å². The van der Waals surface area contributed by atoms with Gasteiger partial charge in [0.25, 0.3) is 0 Å². The number of benzene rings is 1. The van der Waals surface area contributed by atoms with E-state index in [9.17, 15) is 8.78 Å². The van der Waals surface area contributed by atoms with Crippen LogP contribution < -0.4 is 17.2 Å². The Morgan fingerprint density at radius 3 is 2.25 bits per heavy atom. The van der Waals surface area contributed by atoms with Gasteiger partial charge in [-0.2, -0.15) is 4.99 Å². The maximum Gasteiger partial charge on any atom is 0.223 e. The molecule has 0 bridgehead atoms. The first kappa shape index (κ1) is 12.6. The normalized spacial score (nSPS) is 11.3. The quantitative estimate of drug-likeness (QED) is 0.305. The second-order valence-corrected chi connectivity index (χ2v) is 3.78. The van der Waals surface area contributed by atoms with Crippen LogP contribution in [0.2, 0.25) is 0 Å². The SMILES string of the molecule is NC(N)=NC(N)=Nc1c(F)ccc(F)c1I. The molecule has 0 heterocycles. The molecule has 0 unspecified atom stereocenters. The van der Waals surface area contributed by atoms with Crippen LogP contribution in [0.1, 0.15) is 0 Å². The Kier molecular flexibility index (Phi) is 3.99. The molecule has 86 valence electrons. The summed E-state index contributed by atoms with van der Waals surface area (Å²) in [6.45, 7) is 0. The highest BCUT2D eigenvalue weighted by atomic mass is 127. The van der Waals surface area contributed by atoms with E-state index in [1.54, 1.807) is 22.6 Å². The van der Waals surface area contributed by atoms with Gasteiger partial charge in [0.2, 0.25) is 5.96 Å². The summed E-state index contributed by atoms with van der Waals surface area (Å²) < 4.78 is 26.4. The van der Waals surface area contributed by atoms with Gasteiger partial charge in [-0.15, -0.1) is 0 Å². The molecule has 0 spiro atoms. The summed E-state index contributed by atoms with van der Waals surface area (Å²) in [7, 11) is 0. The third-order valence-corrected chi connectivity index (χ3v) is 2.52. The summed E-state index contributed by atoms with van der Waals surface area (Å²) in [6.07, 6.45) is 0. The fourth-order valence-electron chi connectivity index (χ4n) is 0.891. The fraction of sp³-hybridized carbons (Fsp3) is 0. The molecule has 1 rings (SSSR count). The standard InChI is InChI=1S/C8H8F2IN5/c9-3-1-2-4(10)6(5(3)11)15-8(14)16-7(12)13/h1-2H,(H6,12,13,14,15,16). The Labute approximate surface area is 104 Å². The van der Waals surface area contributed by atoms with E-state index in [0.717, 1.165) is 12.1 Å². The number of aliphatic imine (C=N–C) groups is 2. The molecule has 0 aromatic heterocycles. The van der Waals surface area contributed by atoms with Crippen molar-refractivity contribution in [1.82, 2.24) is 0 Å². The maximum atomic E-state index is 13.3. The Bertz CT molecular complexity index is 468. The van der Waals surface area contributed by atoms with Crippen molar-refractivity contribution >= 4 is 40.2 Å². The zero-order chi connectivity index (χ0) is 12.3. The number of guanidine groups is 2. The molecule has 0 aliphatic rings. The topological polar surface area (TPSA) is 103 Å². The van der Waals surface area contributed by atoms with Crippen LogP contribution in [0.3, 0.4) is 0 Å². The minimum atomic E-state index is -0.709. The predicted molar refractivity (Wildman–Crippen MR) is 66.2 cm³/mol. The van der Waals surface area contributed by atoms with Crippen LogP contribution >= 0.6 is 22.6 Å². The van der Waals surface area contributed by atoms with Crippen molar-refractivity contribution in [3.63, 3.8) is 0 Å². The predicted octanol–water partition coefficient (Wildman–Crippen LogP) is 0.789. The summed E-state index contributed by atoms with van der Waals surface area (Å²) in [4.78, 5) is 6.98. The van der Waals surface area contributed by atoms with E-state index in [1.165, 1.54) is 0 Å². The van der Waals surface area contributed by atoms with E-state index >= 15 is 0 Å². The molecular weight excluding hydrogens is 331 g/mol. The monoisotopic (exact) mass is 339 g/mol. The van der Waals surface area contributed by atoms with Gasteiger partial charge in [-0.3, -0.25) is 0 Å². The molecule has 0 fully saturated rings. The van der Waals surface area contributed by atoms with E-state index in [1.807, 2.05) is 0 Å². The lowest BCUT2D eigenvalue weighted by atomic mass is 10.3. The molecule has 1 aromatic rings. The van der Waals surface area contributed by atoms with Crippen LogP contribution in [-0.4, -0.2) is 11.9 Å². The van der Waals surface area contributed by atoms with Gasteiger partial charge < -0.3 is 17.2 Å². The van der Waals surface area contributed by atoms with Crippen LogP contribution in [0.5, 0.6) is 0 Å². The van der Waals surface area contributed by atoms with E-state index in [0.29, 0.717) is 0 Å². The third-order valence-electron chi connectivity index (χ3n) is 1.49. The first-order valence-corrected chi connectivity index (χ1v) is 5.07. The van der Waals surface area contributed by atoms with Crippen molar-refractivity contribution in [3.8, 4) is 0 Å². The zero-order valence-corrected chi connectivity index (χ0v) is 10.1. The number of hydrogen-bond donors (Lipinski definition) is 3. The zero-order valence-electron chi connectivity index (χ0n) is 7.92. The van der Waals surface area contributed by atoms with Gasteiger partial charge in [0.1, 0.15) is 17.3 Å². The molecule has 0 aliphatic carbocycles. The number of nitrogens with zero attached hydrogens (tertiary/aromatic N) is 2. The Balaban J connectivity index is 3.24. The lowest BCUT2D eigenvalue weighted by Crippen LogP contribution is -2.26. The van der Waals surface area contributed by atoms with Crippen molar-refractivity contribution in [3.05, 3.63) is 27.3 Å².